The van der Waals surface area contributed by atoms with Gasteiger partial charge in [0.15, 0.2) is 6.61 Å². The van der Waals surface area contributed by atoms with Crippen molar-refractivity contribution in [3.8, 4) is 5.75 Å². The Morgan fingerprint density at radius 1 is 1.22 bits per heavy atom. The van der Waals surface area contributed by atoms with Crippen molar-refractivity contribution in [1.29, 1.82) is 0 Å². The molecule has 8 heteroatoms. The average molecular weight is 412 g/mol. The van der Waals surface area contributed by atoms with E-state index in [1.807, 2.05) is 0 Å². The fourth-order valence-corrected chi connectivity index (χ4v) is 3.10. The topological polar surface area (TPSA) is 64.6 Å². The molecule has 0 aromatic heterocycles. The molecule has 0 heterocycles. The maximum Gasteiger partial charge on any atom is 0.307 e. The van der Waals surface area contributed by atoms with E-state index in [1.165, 1.54) is 31.0 Å². The third-order valence-corrected chi connectivity index (χ3v) is 4.93. The average Bonchev–Trinajstić information content (AvgIpc) is 2.64. The quantitative estimate of drug-likeness (QED) is 0.513. The number of benzene rings is 2. The van der Waals surface area contributed by atoms with Gasteiger partial charge >= 0.3 is 5.97 Å². The van der Waals surface area contributed by atoms with Crippen LogP contribution in [0.4, 0.5) is 10.1 Å². The fourth-order valence-electron chi connectivity index (χ4n) is 2.12. The molecule has 0 saturated heterocycles. The van der Waals surface area contributed by atoms with Crippen molar-refractivity contribution in [2.75, 3.05) is 24.8 Å². The molecular formula is C19H19ClFNO4S. The first-order valence-corrected chi connectivity index (χ1v) is 9.43. The van der Waals surface area contributed by atoms with Crippen LogP contribution in [0.15, 0.2) is 41.3 Å². The number of nitrogens with one attached hydrogen (secondary N) is 1. The molecule has 0 unspecified atom stereocenters. The van der Waals surface area contributed by atoms with Gasteiger partial charge in [-0.2, -0.15) is 0 Å². The molecule has 0 bridgehead atoms. The Hall–Kier alpha value is -2.25. The predicted octanol–water partition coefficient (Wildman–Crippen LogP) is 4.46. The minimum absolute atomic E-state index is 0.138. The summed E-state index contributed by atoms with van der Waals surface area (Å²) >= 11 is 7.43. The lowest BCUT2D eigenvalue weighted by molar-refractivity contribution is -0.146. The number of anilines is 1. The number of amides is 1. The maximum absolute atomic E-state index is 12.8. The van der Waals surface area contributed by atoms with Crippen LogP contribution in [0.1, 0.15) is 12.0 Å². The molecule has 1 N–H and O–H groups in total. The number of carbonyl (C=O) groups excluding carboxylic acids is 2. The molecule has 0 radical (unpaired) electrons. The van der Waals surface area contributed by atoms with E-state index >= 15 is 0 Å². The summed E-state index contributed by atoms with van der Waals surface area (Å²) in [6.07, 6.45) is 0.138. The normalized spacial score (nSPS) is 10.4. The summed E-state index contributed by atoms with van der Waals surface area (Å²) in [5.74, 6) is -0.386. The molecule has 5 nitrogen and oxygen atoms in total. The lowest BCUT2D eigenvalue weighted by atomic mass is 10.2. The van der Waals surface area contributed by atoms with Gasteiger partial charge in [0.05, 0.1) is 19.2 Å². The zero-order chi connectivity index (χ0) is 19.8. The molecule has 0 aliphatic carbocycles. The van der Waals surface area contributed by atoms with Crippen LogP contribution in [0.2, 0.25) is 5.02 Å². The molecule has 0 atom stereocenters. The van der Waals surface area contributed by atoms with Crippen molar-refractivity contribution in [1.82, 2.24) is 0 Å². The van der Waals surface area contributed by atoms with Gasteiger partial charge < -0.3 is 14.8 Å². The van der Waals surface area contributed by atoms with Crippen molar-refractivity contribution in [2.45, 2.75) is 18.2 Å². The second-order valence-electron chi connectivity index (χ2n) is 5.56. The molecule has 2 aromatic rings. The standard InChI is InChI=1S/C19H19ClFNO4S/c1-12-9-16(17(25-2)10-15(12)20)22-18(23)11-26-19(24)7-8-27-14-5-3-13(21)4-6-14/h3-6,9-10H,7-8,11H2,1-2H3,(H,22,23). The Labute approximate surface area is 166 Å². The Morgan fingerprint density at radius 2 is 1.93 bits per heavy atom. The molecule has 0 spiro atoms. The van der Waals surface area contributed by atoms with E-state index in [-0.39, 0.29) is 12.2 Å². The maximum atomic E-state index is 12.8. The second kappa shape index (κ2) is 10.2. The Balaban J connectivity index is 1.75. The van der Waals surface area contributed by atoms with E-state index in [0.29, 0.717) is 22.2 Å². The third-order valence-electron chi connectivity index (χ3n) is 3.51. The molecule has 2 rings (SSSR count). The first-order valence-electron chi connectivity index (χ1n) is 8.07. The third kappa shape index (κ3) is 6.77. The monoisotopic (exact) mass is 411 g/mol. The number of rotatable bonds is 8. The number of hydrogen-bond acceptors (Lipinski definition) is 5. The summed E-state index contributed by atoms with van der Waals surface area (Å²) in [7, 11) is 1.47. The Morgan fingerprint density at radius 3 is 2.59 bits per heavy atom. The summed E-state index contributed by atoms with van der Waals surface area (Å²) < 4.78 is 23.0. The molecule has 0 aliphatic heterocycles. The lowest BCUT2D eigenvalue weighted by Crippen LogP contribution is -2.21. The molecule has 0 fully saturated rings. The van der Waals surface area contributed by atoms with Crippen LogP contribution in [-0.2, 0) is 14.3 Å². The number of aryl methyl sites for hydroxylation is 1. The van der Waals surface area contributed by atoms with Crippen LogP contribution in [0.5, 0.6) is 5.75 Å². The van der Waals surface area contributed by atoms with E-state index < -0.39 is 18.5 Å². The molecule has 2 aromatic carbocycles. The number of ether oxygens (including phenoxy) is 2. The highest BCUT2D eigenvalue weighted by atomic mass is 35.5. The van der Waals surface area contributed by atoms with E-state index in [4.69, 9.17) is 21.1 Å². The summed E-state index contributed by atoms with van der Waals surface area (Å²) in [6, 6.07) is 9.28. The van der Waals surface area contributed by atoms with Gasteiger partial charge in [-0.05, 0) is 42.8 Å². The van der Waals surface area contributed by atoms with Crippen molar-refractivity contribution in [3.05, 3.63) is 52.8 Å². The van der Waals surface area contributed by atoms with E-state index in [0.717, 1.165) is 10.5 Å². The van der Waals surface area contributed by atoms with Crippen LogP contribution in [-0.4, -0.2) is 31.3 Å². The van der Waals surface area contributed by atoms with Gasteiger partial charge in [0.25, 0.3) is 5.91 Å². The van der Waals surface area contributed by atoms with Gasteiger partial charge in [-0.15, -0.1) is 11.8 Å². The Bertz CT molecular complexity index is 814. The van der Waals surface area contributed by atoms with Gasteiger partial charge in [0.1, 0.15) is 11.6 Å². The highest BCUT2D eigenvalue weighted by Gasteiger charge is 2.12. The SMILES string of the molecule is COc1cc(Cl)c(C)cc1NC(=O)COC(=O)CCSc1ccc(F)cc1. The van der Waals surface area contributed by atoms with Crippen molar-refractivity contribution in [3.63, 3.8) is 0 Å². The first kappa shape index (κ1) is 21.1. The number of thioether (sulfide) groups is 1. The molecule has 27 heavy (non-hydrogen) atoms. The summed E-state index contributed by atoms with van der Waals surface area (Å²) in [5.41, 5.74) is 1.23. The molecule has 0 saturated carbocycles. The van der Waals surface area contributed by atoms with Gasteiger partial charge in [-0.3, -0.25) is 9.59 Å². The first-order chi connectivity index (χ1) is 12.9. The summed E-state index contributed by atoms with van der Waals surface area (Å²) in [5, 5.41) is 3.15. The highest BCUT2D eigenvalue weighted by Crippen LogP contribution is 2.30. The number of carbonyl (C=O) groups is 2. The number of hydrogen-bond donors (Lipinski definition) is 1. The van der Waals surface area contributed by atoms with Gasteiger partial charge in [0.2, 0.25) is 0 Å². The summed E-state index contributed by atoms with van der Waals surface area (Å²) in [4.78, 5) is 24.6. The molecular weight excluding hydrogens is 393 g/mol. The minimum Gasteiger partial charge on any atom is -0.495 e. The zero-order valence-electron chi connectivity index (χ0n) is 14.9. The van der Waals surface area contributed by atoms with Crippen LogP contribution >= 0.6 is 23.4 Å². The van der Waals surface area contributed by atoms with Gasteiger partial charge in [-0.1, -0.05) is 11.6 Å². The highest BCUT2D eigenvalue weighted by molar-refractivity contribution is 7.99. The smallest absolute Gasteiger partial charge is 0.307 e. The lowest BCUT2D eigenvalue weighted by Gasteiger charge is -2.12. The Kier molecular flexibility index (Phi) is 7.94. The van der Waals surface area contributed by atoms with Crippen LogP contribution in [0.3, 0.4) is 0 Å². The largest absolute Gasteiger partial charge is 0.495 e. The molecule has 0 aliphatic rings. The zero-order valence-corrected chi connectivity index (χ0v) is 16.5. The van der Waals surface area contributed by atoms with Crippen molar-refractivity contribution < 1.29 is 23.5 Å². The van der Waals surface area contributed by atoms with Gasteiger partial charge in [-0.25, -0.2) is 4.39 Å². The van der Waals surface area contributed by atoms with E-state index in [2.05, 4.69) is 5.32 Å². The van der Waals surface area contributed by atoms with Gasteiger partial charge in [0, 0.05) is 21.7 Å². The predicted molar refractivity (Wildman–Crippen MR) is 104 cm³/mol. The number of methoxy groups -OCH3 is 1. The van der Waals surface area contributed by atoms with Crippen molar-refractivity contribution in [2.24, 2.45) is 0 Å². The van der Waals surface area contributed by atoms with Crippen LogP contribution in [0, 0.1) is 12.7 Å². The molecule has 144 valence electrons. The summed E-state index contributed by atoms with van der Waals surface area (Å²) in [6.45, 7) is 1.40. The number of esters is 1. The van der Waals surface area contributed by atoms with Crippen LogP contribution < -0.4 is 10.1 Å². The molecule has 1 amide bonds. The van der Waals surface area contributed by atoms with Crippen molar-refractivity contribution >= 4 is 40.9 Å². The minimum atomic E-state index is -0.487. The van der Waals surface area contributed by atoms with Crippen LogP contribution in [0.25, 0.3) is 0 Å². The second-order valence-corrected chi connectivity index (χ2v) is 7.14. The van der Waals surface area contributed by atoms with E-state index in [1.54, 1.807) is 31.2 Å². The number of halogens is 2. The van der Waals surface area contributed by atoms with E-state index in [9.17, 15) is 14.0 Å². The fraction of sp³-hybridized carbons (Fsp3) is 0.263.